The van der Waals surface area contributed by atoms with Crippen molar-refractivity contribution in [2.75, 3.05) is 20.3 Å². The molecule has 2 rings (SSSR count). The van der Waals surface area contributed by atoms with Crippen LogP contribution in [0.15, 0.2) is 0 Å². The van der Waals surface area contributed by atoms with E-state index in [2.05, 4.69) is 6.92 Å². The van der Waals surface area contributed by atoms with Gasteiger partial charge in [0.25, 0.3) is 0 Å². The lowest BCUT2D eigenvalue weighted by molar-refractivity contribution is -0.107. The van der Waals surface area contributed by atoms with Crippen LogP contribution in [-0.2, 0) is 14.2 Å². The van der Waals surface area contributed by atoms with Crippen molar-refractivity contribution >= 4 is 6.09 Å². The number of carbonyl (C=O) groups excluding carboxylic acids is 1. The summed E-state index contributed by atoms with van der Waals surface area (Å²) < 4.78 is 17.0. The zero-order chi connectivity index (χ0) is 15.0. The highest BCUT2D eigenvalue weighted by Crippen LogP contribution is 2.38. The zero-order valence-electron chi connectivity index (χ0n) is 13.3. The van der Waals surface area contributed by atoms with E-state index in [1.165, 1.54) is 0 Å². The minimum Gasteiger partial charge on any atom is -0.444 e. The molecule has 0 saturated carbocycles. The van der Waals surface area contributed by atoms with Crippen LogP contribution in [0.4, 0.5) is 4.79 Å². The van der Waals surface area contributed by atoms with Crippen LogP contribution < -0.4 is 0 Å². The summed E-state index contributed by atoms with van der Waals surface area (Å²) in [6, 6.07) is 0.0927. The quantitative estimate of drug-likeness (QED) is 0.743. The summed E-state index contributed by atoms with van der Waals surface area (Å²) >= 11 is 0. The molecular formula is C15H27NO4. The maximum absolute atomic E-state index is 12.1. The van der Waals surface area contributed by atoms with Crippen LogP contribution in [0.5, 0.6) is 0 Å². The lowest BCUT2D eigenvalue weighted by Crippen LogP contribution is -2.43. The van der Waals surface area contributed by atoms with Crippen molar-refractivity contribution in [1.82, 2.24) is 4.90 Å². The normalized spacial score (nSPS) is 34.2. The first-order valence-electron chi connectivity index (χ1n) is 7.42. The molecule has 0 radical (unpaired) electrons. The Balaban J connectivity index is 1.93. The molecule has 2 fully saturated rings. The van der Waals surface area contributed by atoms with Crippen molar-refractivity contribution in [2.45, 2.75) is 70.3 Å². The van der Waals surface area contributed by atoms with Crippen molar-refractivity contribution in [1.29, 1.82) is 0 Å². The summed E-state index contributed by atoms with van der Waals surface area (Å²) in [5.41, 5.74) is -0.575. The third-order valence-electron chi connectivity index (χ3n) is 4.04. The highest BCUT2D eigenvalue weighted by Gasteiger charge is 2.45. The Morgan fingerprint density at radius 2 is 2.05 bits per heavy atom. The van der Waals surface area contributed by atoms with E-state index >= 15 is 0 Å². The number of hydrogen-bond acceptors (Lipinski definition) is 4. The molecule has 116 valence electrons. The number of rotatable bonds is 1. The van der Waals surface area contributed by atoms with Crippen LogP contribution in [-0.4, -0.2) is 54.6 Å². The number of amides is 1. The Kier molecular flexibility index (Phi) is 4.30. The molecule has 0 unspecified atom stereocenters. The van der Waals surface area contributed by atoms with Gasteiger partial charge in [0.05, 0.1) is 24.4 Å². The fourth-order valence-electron chi connectivity index (χ4n) is 3.00. The molecule has 0 aromatic heterocycles. The first kappa shape index (κ1) is 15.6. The van der Waals surface area contributed by atoms with Crippen molar-refractivity contribution in [3.05, 3.63) is 0 Å². The van der Waals surface area contributed by atoms with Crippen LogP contribution in [0.1, 0.15) is 47.0 Å². The maximum atomic E-state index is 12.1. The van der Waals surface area contributed by atoms with Gasteiger partial charge < -0.3 is 19.1 Å². The number of carbonyl (C=O) groups is 1. The molecule has 2 aliphatic heterocycles. The second-order valence-corrected chi connectivity index (χ2v) is 7.08. The standard InChI is InChI=1S/C15H27NO4/c1-11-8-15(6-7-18-11)9-12(10-19-15)16(5)13(17)20-14(2,3)4/h11-12H,6-10H2,1-5H3/t11-,12-,15-/m1/s1. The molecule has 2 aliphatic rings. The summed E-state index contributed by atoms with van der Waals surface area (Å²) in [5.74, 6) is 0. The number of hydrogen-bond donors (Lipinski definition) is 0. The summed E-state index contributed by atoms with van der Waals surface area (Å²) in [5, 5.41) is 0. The third-order valence-corrected chi connectivity index (χ3v) is 4.04. The zero-order valence-corrected chi connectivity index (χ0v) is 13.3. The fraction of sp³-hybridized carbons (Fsp3) is 0.933. The second-order valence-electron chi connectivity index (χ2n) is 7.08. The molecule has 0 N–H and O–H groups in total. The molecule has 2 heterocycles. The molecular weight excluding hydrogens is 258 g/mol. The molecule has 5 heteroatoms. The Bertz CT molecular complexity index is 365. The van der Waals surface area contributed by atoms with Crippen LogP contribution in [0.2, 0.25) is 0 Å². The molecule has 0 aromatic carbocycles. The molecule has 1 spiro atoms. The Labute approximate surface area is 121 Å². The minimum absolute atomic E-state index is 0.0927. The van der Waals surface area contributed by atoms with Crippen LogP contribution in [0.25, 0.3) is 0 Å². The van der Waals surface area contributed by atoms with Gasteiger partial charge in [-0.25, -0.2) is 4.79 Å². The van der Waals surface area contributed by atoms with E-state index in [0.717, 1.165) is 25.9 Å². The predicted octanol–water partition coefficient (Wildman–Crippen LogP) is 2.58. The van der Waals surface area contributed by atoms with E-state index in [4.69, 9.17) is 14.2 Å². The van der Waals surface area contributed by atoms with Crippen LogP contribution in [0.3, 0.4) is 0 Å². The van der Waals surface area contributed by atoms with Gasteiger partial charge in [-0.2, -0.15) is 0 Å². The van der Waals surface area contributed by atoms with Gasteiger partial charge >= 0.3 is 6.09 Å². The summed E-state index contributed by atoms with van der Waals surface area (Å²) in [6.45, 7) is 9.05. The van der Waals surface area contributed by atoms with E-state index in [1.807, 2.05) is 20.8 Å². The largest absolute Gasteiger partial charge is 0.444 e. The van der Waals surface area contributed by atoms with Crippen LogP contribution >= 0.6 is 0 Å². The summed E-state index contributed by atoms with van der Waals surface area (Å²) in [4.78, 5) is 13.8. The Morgan fingerprint density at radius 3 is 2.65 bits per heavy atom. The molecule has 0 bridgehead atoms. The van der Waals surface area contributed by atoms with Crippen LogP contribution in [0, 0.1) is 0 Å². The summed E-state index contributed by atoms with van der Waals surface area (Å²) in [6.07, 6.45) is 2.65. The number of ether oxygens (including phenoxy) is 3. The van der Waals surface area contributed by atoms with Crippen molar-refractivity contribution < 1.29 is 19.0 Å². The minimum atomic E-state index is -0.463. The predicted molar refractivity (Wildman–Crippen MR) is 75.7 cm³/mol. The monoisotopic (exact) mass is 285 g/mol. The third kappa shape index (κ3) is 3.64. The molecule has 1 amide bonds. The molecule has 0 aromatic rings. The summed E-state index contributed by atoms with van der Waals surface area (Å²) in [7, 11) is 1.80. The number of nitrogens with zero attached hydrogens (tertiary/aromatic N) is 1. The first-order chi connectivity index (χ1) is 9.21. The SMILES string of the molecule is C[C@@H]1C[C@]2(CCO1)C[C@@H](N(C)C(=O)OC(C)(C)C)CO2. The van der Waals surface area contributed by atoms with Gasteiger partial charge in [-0.15, -0.1) is 0 Å². The Morgan fingerprint density at radius 1 is 1.35 bits per heavy atom. The van der Waals surface area contributed by atoms with E-state index < -0.39 is 5.60 Å². The van der Waals surface area contributed by atoms with E-state index in [9.17, 15) is 4.79 Å². The molecule has 20 heavy (non-hydrogen) atoms. The number of likely N-dealkylation sites (N-methyl/N-ethyl adjacent to an activating group) is 1. The molecule has 2 saturated heterocycles. The van der Waals surface area contributed by atoms with Gasteiger partial charge in [0.15, 0.2) is 0 Å². The van der Waals surface area contributed by atoms with E-state index in [1.54, 1.807) is 11.9 Å². The van der Waals surface area contributed by atoms with Gasteiger partial charge in [0.1, 0.15) is 5.60 Å². The van der Waals surface area contributed by atoms with Gasteiger partial charge in [-0.3, -0.25) is 0 Å². The lowest BCUT2D eigenvalue weighted by atomic mass is 9.87. The van der Waals surface area contributed by atoms with Crippen molar-refractivity contribution in [3.8, 4) is 0 Å². The molecule has 5 nitrogen and oxygen atoms in total. The first-order valence-corrected chi connectivity index (χ1v) is 7.42. The average Bonchev–Trinajstić information content (AvgIpc) is 2.69. The molecule has 3 atom stereocenters. The topological polar surface area (TPSA) is 48.0 Å². The van der Waals surface area contributed by atoms with Crippen molar-refractivity contribution in [2.24, 2.45) is 0 Å². The highest BCUT2D eigenvalue weighted by molar-refractivity contribution is 5.68. The maximum Gasteiger partial charge on any atom is 0.410 e. The van der Waals surface area contributed by atoms with Crippen molar-refractivity contribution in [3.63, 3.8) is 0 Å². The highest BCUT2D eigenvalue weighted by atomic mass is 16.6. The van der Waals surface area contributed by atoms with Gasteiger partial charge in [0.2, 0.25) is 0 Å². The van der Waals surface area contributed by atoms with Gasteiger partial charge in [-0.1, -0.05) is 0 Å². The average molecular weight is 285 g/mol. The van der Waals surface area contributed by atoms with Gasteiger partial charge in [0, 0.05) is 20.1 Å². The fourth-order valence-corrected chi connectivity index (χ4v) is 3.00. The van der Waals surface area contributed by atoms with Gasteiger partial charge in [-0.05, 0) is 40.5 Å². The van der Waals surface area contributed by atoms with E-state index in [0.29, 0.717) is 6.61 Å². The molecule has 0 aliphatic carbocycles. The Hall–Kier alpha value is -0.810. The lowest BCUT2D eigenvalue weighted by Gasteiger charge is -2.36. The second kappa shape index (κ2) is 5.53. The van der Waals surface area contributed by atoms with E-state index in [-0.39, 0.29) is 23.8 Å². The smallest absolute Gasteiger partial charge is 0.410 e.